The first-order valence-electron chi connectivity index (χ1n) is 4.87. The molecule has 0 aromatic heterocycles. The number of anilines is 1. The van der Waals surface area contributed by atoms with Crippen molar-refractivity contribution in [1.29, 1.82) is 0 Å². The monoisotopic (exact) mass is 226 g/mol. The topological polar surface area (TPSA) is 58.2 Å². The zero-order valence-corrected chi connectivity index (χ0v) is 9.39. The second-order valence-corrected chi connectivity index (χ2v) is 5.56. The molecule has 1 aromatic carbocycles. The maximum Gasteiger partial charge on any atom is 0.215 e. The van der Waals surface area contributed by atoms with Crippen molar-refractivity contribution in [3.63, 3.8) is 0 Å². The Balaban J connectivity index is 2.24. The lowest BCUT2D eigenvalue weighted by Gasteiger charge is -2.05. The van der Waals surface area contributed by atoms with E-state index in [4.69, 9.17) is 0 Å². The smallest absolute Gasteiger partial charge is 0.215 e. The molecular weight excluding hydrogens is 212 g/mol. The Kier molecular flexibility index (Phi) is 2.67. The summed E-state index contributed by atoms with van der Waals surface area (Å²) in [5, 5.41) is 3.23. The Morgan fingerprint density at radius 3 is 3.00 bits per heavy atom. The van der Waals surface area contributed by atoms with E-state index >= 15 is 0 Å². The van der Waals surface area contributed by atoms with Crippen LogP contribution in [0.3, 0.4) is 0 Å². The number of rotatable bonds is 3. The van der Waals surface area contributed by atoms with Gasteiger partial charge in [0.05, 0.1) is 5.75 Å². The normalized spacial score (nSPS) is 14.7. The maximum absolute atomic E-state index is 11.3. The van der Waals surface area contributed by atoms with Crippen molar-refractivity contribution in [2.75, 3.05) is 18.9 Å². The van der Waals surface area contributed by atoms with Gasteiger partial charge in [-0.15, -0.1) is 0 Å². The standard InChI is InChI=1S/C10H14N2O2S/c1-11-15(13,14)7-8-2-3-9-4-5-12-10(9)6-8/h2-3,6,11-12H,4-5,7H2,1H3. The average molecular weight is 226 g/mol. The summed E-state index contributed by atoms with van der Waals surface area (Å²) >= 11 is 0. The summed E-state index contributed by atoms with van der Waals surface area (Å²) in [5.41, 5.74) is 3.15. The number of nitrogens with one attached hydrogen (secondary N) is 2. The van der Waals surface area contributed by atoms with E-state index in [1.54, 1.807) is 0 Å². The fourth-order valence-electron chi connectivity index (χ4n) is 1.72. The molecule has 0 spiro atoms. The van der Waals surface area contributed by atoms with Gasteiger partial charge in [-0.2, -0.15) is 0 Å². The molecule has 0 aliphatic carbocycles. The highest BCUT2D eigenvalue weighted by Crippen LogP contribution is 2.23. The van der Waals surface area contributed by atoms with Gasteiger partial charge in [0.1, 0.15) is 0 Å². The van der Waals surface area contributed by atoms with E-state index in [9.17, 15) is 8.42 Å². The minimum atomic E-state index is -3.17. The largest absolute Gasteiger partial charge is 0.384 e. The van der Waals surface area contributed by atoms with E-state index < -0.39 is 10.0 Å². The van der Waals surface area contributed by atoms with Crippen LogP contribution in [0.4, 0.5) is 5.69 Å². The molecule has 0 amide bonds. The molecule has 0 bridgehead atoms. The van der Waals surface area contributed by atoms with Gasteiger partial charge < -0.3 is 5.32 Å². The van der Waals surface area contributed by atoms with Crippen molar-refractivity contribution < 1.29 is 8.42 Å². The zero-order chi connectivity index (χ0) is 10.9. The second-order valence-electron chi connectivity index (χ2n) is 3.63. The summed E-state index contributed by atoms with van der Waals surface area (Å²) in [6.07, 6.45) is 1.02. The van der Waals surface area contributed by atoms with E-state index in [-0.39, 0.29) is 5.75 Å². The SMILES string of the molecule is CNS(=O)(=O)Cc1ccc2c(c1)NCC2. The van der Waals surface area contributed by atoms with Gasteiger partial charge in [-0.1, -0.05) is 12.1 Å². The van der Waals surface area contributed by atoms with Crippen molar-refractivity contribution in [2.45, 2.75) is 12.2 Å². The fourth-order valence-corrected chi connectivity index (χ4v) is 2.48. The minimum absolute atomic E-state index is 0.0401. The van der Waals surface area contributed by atoms with Crippen LogP contribution in [-0.2, 0) is 22.2 Å². The molecule has 0 atom stereocenters. The summed E-state index contributed by atoms with van der Waals surface area (Å²) in [7, 11) is -1.74. The van der Waals surface area contributed by atoms with Gasteiger partial charge in [-0.3, -0.25) is 0 Å². The lowest BCUT2D eigenvalue weighted by molar-refractivity contribution is 0.587. The van der Waals surface area contributed by atoms with E-state index in [0.717, 1.165) is 24.2 Å². The molecule has 1 aromatic rings. The first-order chi connectivity index (χ1) is 7.11. The van der Waals surface area contributed by atoms with Crippen LogP contribution in [0.1, 0.15) is 11.1 Å². The molecule has 0 saturated heterocycles. The van der Waals surface area contributed by atoms with Crippen molar-refractivity contribution in [3.8, 4) is 0 Å². The van der Waals surface area contributed by atoms with Gasteiger partial charge in [0.15, 0.2) is 0 Å². The van der Waals surface area contributed by atoms with Crippen LogP contribution in [0.5, 0.6) is 0 Å². The zero-order valence-electron chi connectivity index (χ0n) is 8.58. The lowest BCUT2D eigenvalue weighted by atomic mass is 10.1. The number of hydrogen-bond donors (Lipinski definition) is 2. The van der Waals surface area contributed by atoms with Gasteiger partial charge in [-0.05, 0) is 30.7 Å². The predicted molar refractivity (Wildman–Crippen MR) is 60.3 cm³/mol. The molecule has 2 rings (SSSR count). The lowest BCUT2D eigenvalue weighted by Crippen LogP contribution is -2.20. The molecule has 1 aliphatic heterocycles. The number of benzene rings is 1. The van der Waals surface area contributed by atoms with Crippen LogP contribution in [-0.4, -0.2) is 22.0 Å². The first kappa shape index (κ1) is 10.4. The first-order valence-corrected chi connectivity index (χ1v) is 6.53. The average Bonchev–Trinajstić information content (AvgIpc) is 2.64. The number of sulfonamides is 1. The summed E-state index contributed by atoms with van der Waals surface area (Å²) in [6.45, 7) is 0.942. The van der Waals surface area contributed by atoms with Gasteiger partial charge in [-0.25, -0.2) is 13.1 Å². The molecule has 1 heterocycles. The molecule has 2 N–H and O–H groups in total. The Bertz CT molecular complexity index is 468. The Morgan fingerprint density at radius 1 is 1.47 bits per heavy atom. The van der Waals surface area contributed by atoms with Crippen LogP contribution in [0.15, 0.2) is 18.2 Å². The van der Waals surface area contributed by atoms with Crippen molar-refractivity contribution in [3.05, 3.63) is 29.3 Å². The molecule has 82 valence electrons. The highest BCUT2D eigenvalue weighted by atomic mass is 32.2. The Labute approximate surface area is 89.7 Å². The third-order valence-electron chi connectivity index (χ3n) is 2.55. The number of hydrogen-bond acceptors (Lipinski definition) is 3. The van der Waals surface area contributed by atoms with Crippen molar-refractivity contribution in [1.82, 2.24) is 4.72 Å². The Morgan fingerprint density at radius 2 is 2.27 bits per heavy atom. The summed E-state index contributed by atoms with van der Waals surface area (Å²) in [6, 6.07) is 5.79. The molecule has 5 heteroatoms. The van der Waals surface area contributed by atoms with E-state index in [1.807, 2.05) is 18.2 Å². The molecule has 1 aliphatic rings. The molecule has 15 heavy (non-hydrogen) atoms. The van der Waals surface area contributed by atoms with Crippen LogP contribution < -0.4 is 10.0 Å². The second kappa shape index (κ2) is 3.83. The van der Waals surface area contributed by atoms with Crippen LogP contribution in [0.25, 0.3) is 0 Å². The third-order valence-corrected chi connectivity index (χ3v) is 3.89. The summed E-state index contributed by atoms with van der Waals surface area (Å²) in [5.74, 6) is 0.0401. The maximum atomic E-state index is 11.3. The van der Waals surface area contributed by atoms with Crippen LogP contribution >= 0.6 is 0 Å². The third kappa shape index (κ3) is 2.30. The van der Waals surface area contributed by atoms with Gasteiger partial charge in [0.25, 0.3) is 0 Å². The highest BCUT2D eigenvalue weighted by molar-refractivity contribution is 7.88. The van der Waals surface area contributed by atoms with Gasteiger partial charge in [0.2, 0.25) is 10.0 Å². The highest BCUT2D eigenvalue weighted by Gasteiger charge is 2.13. The van der Waals surface area contributed by atoms with Gasteiger partial charge >= 0.3 is 0 Å². The van der Waals surface area contributed by atoms with Crippen molar-refractivity contribution >= 4 is 15.7 Å². The molecule has 0 unspecified atom stereocenters. The van der Waals surface area contributed by atoms with Crippen molar-refractivity contribution in [2.24, 2.45) is 0 Å². The fraction of sp³-hybridized carbons (Fsp3) is 0.400. The summed E-state index contributed by atoms with van der Waals surface area (Å²) < 4.78 is 25.0. The molecule has 0 fully saturated rings. The minimum Gasteiger partial charge on any atom is -0.384 e. The quantitative estimate of drug-likeness (QED) is 0.798. The Hall–Kier alpha value is -1.07. The van der Waals surface area contributed by atoms with Gasteiger partial charge in [0, 0.05) is 12.2 Å². The predicted octanol–water partition coefficient (Wildman–Crippen LogP) is 0.704. The van der Waals surface area contributed by atoms with Crippen LogP contribution in [0, 0.1) is 0 Å². The molecule has 0 radical (unpaired) electrons. The van der Waals surface area contributed by atoms with Crippen LogP contribution in [0.2, 0.25) is 0 Å². The molecular formula is C10H14N2O2S. The van der Waals surface area contributed by atoms with E-state index in [1.165, 1.54) is 12.6 Å². The summed E-state index contributed by atoms with van der Waals surface area (Å²) in [4.78, 5) is 0. The molecule has 4 nitrogen and oxygen atoms in total. The van der Waals surface area contributed by atoms with E-state index in [0.29, 0.717) is 0 Å². The molecule has 0 saturated carbocycles. The number of fused-ring (bicyclic) bond motifs is 1. The van der Waals surface area contributed by atoms with E-state index in [2.05, 4.69) is 10.0 Å².